The first kappa shape index (κ1) is 22.2. The monoisotopic (exact) mass is 507 g/mol. The number of nitrogens with zero attached hydrogens (tertiary/aromatic N) is 2. The normalized spacial score (nSPS) is 15.5. The van der Waals surface area contributed by atoms with Gasteiger partial charge in [0, 0.05) is 21.5 Å². The van der Waals surface area contributed by atoms with Gasteiger partial charge in [-0.3, -0.25) is 19.8 Å². The SMILES string of the molecule is Cc1ccc(-n2c(C)cc(/C=C3\C(=O)NC(=S)N(c4cccc(Br)c4)C3=O)c2C)cc1C. The molecule has 0 unspecified atom stereocenters. The predicted molar refractivity (Wildman–Crippen MR) is 135 cm³/mol. The first-order valence-corrected chi connectivity index (χ1v) is 11.3. The highest BCUT2D eigenvalue weighted by Gasteiger charge is 2.34. The van der Waals surface area contributed by atoms with Crippen molar-refractivity contribution in [1.29, 1.82) is 0 Å². The topological polar surface area (TPSA) is 54.3 Å². The minimum absolute atomic E-state index is 0.0407. The summed E-state index contributed by atoms with van der Waals surface area (Å²) in [5.74, 6) is -0.949. The molecule has 0 radical (unpaired) electrons. The minimum atomic E-state index is -0.498. The number of aryl methyl sites for hydroxylation is 3. The Morgan fingerprint density at radius 2 is 1.69 bits per heavy atom. The van der Waals surface area contributed by atoms with E-state index in [0.717, 1.165) is 27.1 Å². The van der Waals surface area contributed by atoms with Crippen LogP contribution in [0.15, 0.2) is 58.6 Å². The molecule has 2 amide bonds. The second-order valence-corrected chi connectivity index (χ2v) is 9.17. The van der Waals surface area contributed by atoms with Crippen LogP contribution in [0.2, 0.25) is 0 Å². The van der Waals surface area contributed by atoms with Crippen LogP contribution in [0.25, 0.3) is 11.8 Å². The molecule has 5 nitrogen and oxygen atoms in total. The van der Waals surface area contributed by atoms with E-state index in [1.54, 1.807) is 18.2 Å². The lowest BCUT2D eigenvalue weighted by molar-refractivity contribution is -0.122. The van der Waals surface area contributed by atoms with Gasteiger partial charge < -0.3 is 4.57 Å². The van der Waals surface area contributed by atoms with E-state index in [4.69, 9.17) is 12.2 Å². The molecule has 4 rings (SSSR count). The summed E-state index contributed by atoms with van der Waals surface area (Å²) in [5, 5.41) is 2.71. The Morgan fingerprint density at radius 1 is 0.938 bits per heavy atom. The molecule has 3 aromatic rings. The second kappa shape index (κ2) is 8.48. The number of carbonyl (C=O) groups excluding carboxylic acids is 2. The van der Waals surface area contributed by atoms with Crippen LogP contribution in [0, 0.1) is 27.7 Å². The molecule has 32 heavy (non-hydrogen) atoms. The van der Waals surface area contributed by atoms with Crippen molar-refractivity contribution in [3.05, 3.63) is 86.7 Å². The number of hydrogen-bond donors (Lipinski definition) is 1. The van der Waals surface area contributed by atoms with Gasteiger partial charge in [0.1, 0.15) is 5.57 Å². The van der Waals surface area contributed by atoms with Gasteiger partial charge in [-0.2, -0.15) is 0 Å². The summed E-state index contributed by atoms with van der Waals surface area (Å²) in [6.07, 6.45) is 1.64. The lowest BCUT2D eigenvalue weighted by atomic mass is 10.1. The maximum Gasteiger partial charge on any atom is 0.270 e. The molecule has 0 spiro atoms. The van der Waals surface area contributed by atoms with Gasteiger partial charge in [0.05, 0.1) is 5.69 Å². The summed E-state index contributed by atoms with van der Waals surface area (Å²) < 4.78 is 2.94. The zero-order valence-corrected chi connectivity index (χ0v) is 20.6. The van der Waals surface area contributed by atoms with Gasteiger partial charge in [0.2, 0.25) is 0 Å². The van der Waals surface area contributed by atoms with Crippen molar-refractivity contribution in [1.82, 2.24) is 9.88 Å². The minimum Gasteiger partial charge on any atom is -0.318 e. The third kappa shape index (κ3) is 3.94. The van der Waals surface area contributed by atoms with E-state index in [-0.39, 0.29) is 10.7 Å². The molecule has 0 atom stereocenters. The lowest BCUT2D eigenvalue weighted by Crippen LogP contribution is -2.54. The van der Waals surface area contributed by atoms with Crippen molar-refractivity contribution in [2.24, 2.45) is 0 Å². The zero-order chi connectivity index (χ0) is 23.2. The molecule has 162 valence electrons. The maximum absolute atomic E-state index is 13.3. The Balaban J connectivity index is 1.77. The predicted octanol–water partition coefficient (Wildman–Crippen LogP) is 5.30. The largest absolute Gasteiger partial charge is 0.318 e. The van der Waals surface area contributed by atoms with Crippen LogP contribution >= 0.6 is 28.1 Å². The maximum atomic E-state index is 13.3. The zero-order valence-electron chi connectivity index (χ0n) is 18.2. The van der Waals surface area contributed by atoms with Gasteiger partial charge in [0.25, 0.3) is 11.8 Å². The van der Waals surface area contributed by atoms with Gasteiger partial charge in [-0.15, -0.1) is 0 Å². The molecule has 1 fully saturated rings. The van der Waals surface area contributed by atoms with Crippen molar-refractivity contribution < 1.29 is 9.59 Å². The van der Waals surface area contributed by atoms with Crippen LogP contribution in [-0.2, 0) is 9.59 Å². The van der Waals surface area contributed by atoms with Gasteiger partial charge in [-0.1, -0.05) is 28.1 Å². The summed E-state index contributed by atoms with van der Waals surface area (Å²) in [5.41, 5.74) is 6.87. The quantitative estimate of drug-likeness (QED) is 0.297. The molecule has 0 bridgehead atoms. The van der Waals surface area contributed by atoms with E-state index in [2.05, 4.69) is 57.9 Å². The summed E-state index contributed by atoms with van der Waals surface area (Å²) in [4.78, 5) is 27.3. The fourth-order valence-corrected chi connectivity index (χ4v) is 4.53. The van der Waals surface area contributed by atoms with Crippen LogP contribution in [0.1, 0.15) is 28.1 Å². The highest BCUT2D eigenvalue weighted by Crippen LogP contribution is 2.28. The van der Waals surface area contributed by atoms with Crippen LogP contribution < -0.4 is 10.2 Å². The summed E-state index contributed by atoms with van der Waals surface area (Å²) in [7, 11) is 0. The Morgan fingerprint density at radius 3 is 2.38 bits per heavy atom. The van der Waals surface area contributed by atoms with Crippen molar-refractivity contribution in [2.75, 3.05) is 4.90 Å². The number of hydrogen-bond acceptors (Lipinski definition) is 3. The molecule has 0 aliphatic carbocycles. The van der Waals surface area contributed by atoms with Crippen LogP contribution in [0.3, 0.4) is 0 Å². The fourth-order valence-electron chi connectivity index (χ4n) is 3.86. The molecular weight excluding hydrogens is 486 g/mol. The Bertz CT molecular complexity index is 1320. The number of anilines is 1. The highest BCUT2D eigenvalue weighted by atomic mass is 79.9. The number of carbonyl (C=O) groups is 2. The van der Waals surface area contributed by atoms with Gasteiger partial charge >= 0.3 is 0 Å². The van der Waals surface area contributed by atoms with E-state index < -0.39 is 11.8 Å². The van der Waals surface area contributed by atoms with Crippen molar-refractivity contribution in [3.8, 4) is 5.69 Å². The second-order valence-electron chi connectivity index (χ2n) is 7.87. The fraction of sp³-hybridized carbons (Fsp3) is 0.160. The Hall–Kier alpha value is -3.03. The Kier molecular flexibility index (Phi) is 5.88. The molecule has 7 heteroatoms. The standard InChI is InChI=1S/C25H22BrN3O2S/c1-14-8-9-21(10-15(14)2)28-16(3)11-18(17(28)4)12-22-23(30)27-25(32)29(24(22)31)20-7-5-6-19(26)13-20/h5-13H,1-4H3,(H,27,30,32)/b22-12+. The average Bonchev–Trinajstić information content (AvgIpc) is 3.00. The van der Waals surface area contributed by atoms with E-state index in [9.17, 15) is 9.59 Å². The molecule has 1 aromatic heterocycles. The van der Waals surface area contributed by atoms with Crippen molar-refractivity contribution in [2.45, 2.75) is 27.7 Å². The van der Waals surface area contributed by atoms with Gasteiger partial charge in [0.15, 0.2) is 5.11 Å². The number of rotatable bonds is 3. The number of aromatic nitrogens is 1. The summed E-state index contributed by atoms with van der Waals surface area (Å²) >= 11 is 8.70. The smallest absolute Gasteiger partial charge is 0.270 e. The van der Waals surface area contributed by atoms with Gasteiger partial charge in [-0.05, 0) is 99.1 Å². The van der Waals surface area contributed by atoms with E-state index >= 15 is 0 Å². The van der Waals surface area contributed by atoms with Gasteiger partial charge in [-0.25, -0.2) is 0 Å². The number of thiocarbonyl (C=S) groups is 1. The molecule has 1 aliphatic rings. The number of halogens is 1. The lowest BCUT2D eigenvalue weighted by Gasteiger charge is -2.29. The Labute approximate surface area is 200 Å². The van der Waals surface area contributed by atoms with Crippen LogP contribution in [0.4, 0.5) is 5.69 Å². The third-order valence-electron chi connectivity index (χ3n) is 5.69. The van der Waals surface area contributed by atoms with Crippen LogP contribution in [-0.4, -0.2) is 21.5 Å². The molecule has 2 heterocycles. The van der Waals surface area contributed by atoms with Crippen molar-refractivity contribution >= 4 is 56.8 Å². The first-order chi connectivity index (χ1) is 15.2. The number of amides is 2. The van der Waals surface area contributed by atoms with Crippen molar-refractivity contribution in [3.63, 3.8) is 0 Å². The molecule has 2 aromatic carbocycles. The molecular formula is C25H22BrN3O2S. The molecule has 1 aliphatic heterocycles. The van der Waals surface area contributed by atoms with E-state index in [1.165, 1.54) is 16.0 Å². The van der Waals surface area contributed by atoms with E-state index in [0.29, 0.717) is 5.69 Å². The number of benzene rings is 2. The van der Waals surface area contributed by atoms with E-state index in [1.807, 2.05) is 32.0 Å². The summed E-state index contributed by atoms with van der Waals surface area (Å²) in [6, 6.07) is 15.5. The summed E-state index contributed by atoms with van der Waals surface area (Å²) in [6.45, 7) is 8.16. The van der Waals surface area contributed by atoms with Crippen LogP contribution in [0.5, 0.6) is 0 Å². The first-order valence-electron chi connectivity index (χ1n) is 10.1. The molecule has 0 saturated carbocycles. The highest BCUT2D eigenvalue weighted by molar-refractivity contribution is 9.10. The molecule has 1 saturated heterocycles. The molecule has 1 N–H and O–H groups in total. The number of nitrogens with one attached hydrogen (secondary N) is 1. The average molecular weight is 508 g/mol. The third-order valence-corrected chi connectivity index (χ3v) is 6.46.